The minimum atomic E-state index is -3.72. The molecule has 0 unspecified atom stereocenters. The smallest absolute Gasteiger partial charge is 0.262 e. The Morgan fingerprint density at radius 1 is 1.33 bits per heavy atom. The van der Waals surface area contributed by atoms with Gasteiger partial charge in [-0.05, 0) is 45.8 Å². The summed E-state index contributed by atoms with van der Waals surface area (Å²) in [6.45, 7) is 0.577. The second-order valence-electron chi connectivity index (χ2n) is 4.47. The summed E-state index contributed by atoms with van der Waals surface area (Å²) in [6.07, 6.45) is 2.20. The van der Waals surface area contributed by atoms with Crippen LogP contribution in [0.25, 0.3) is 0 Å². The maximum absolute atomic E-state index is 12.4. The van der Waals surface area contributed by atoms with Crippen LogP contribution in [0.1, 0.15) is 5.56 Å². The van der Waals surface area contributed by atoms with Gasteiger partial charge < -0.3 is 4.74 Å². The molecule has 8 heteroatoms. The summed E-state index contributed by atoms with van der Waals surface area (Å²) >= 11 is 9.13. The van der Waals surface area contributed by atoms with Gasteiger partial charge in [0.1, 0.15) is 5.75 Å². The molecular formula is C13H10BrClN2O3S. The Kier molecular flexibility index (Phi) is 3.81. The van der Waals surface area contributed by atoms with Crippen molar-refractivity contribution < 1.29 is 13.2 Å². The summed E-state index contributed by atoms with van der Waals surface area (Å²) < 4.78 is 33.3. The standard InChI is InChI=1S/C13H10BrClN2O3S/c14-9-6-11(13(15)16-7-9)17-21(18,19)10-1-2-12-8(5-10)3-4-20-12/h1-2,5-7,17H,3-4H2. The van der Waals surface area contributed by atoms with Gasteiger partial charge in [0, 0.05) is 17.1 Å². The van der Waals surface area contributed by atoms with Crippen molar-refractivity contribution in [2.24, 2.45) is 0 Å². The number of sulfonamides is 1. The van der Waals surface area contributed by atoms with E-state index in [-0.39, 0.29) is 15.7 Å². The molecule has 1 N–H and O–H groups in total. The number of anilines is 1. The number of hydrogen-bond acceptors (Lipinski definition) is 4. The van der Waals surface area contributed by atoms with Crippen LogP contribution in [-0.4, -0.2) is 20.0 Å². The van der Waals surface area contributed by atoms with E-state index in [4.69, 9.17) is 16.3 Å². The first kappa shape index (κ1) is 14.6. The van der Waals surface area contributed by atoms with Gasteiger partial charge in [-0.25, -0.2) is 13.4 Å². The van der Waals surface area contributed by atoms with Gasteiger partial charge >= 0.3 is 0 Å². The topological polar surface area (TPSA) is 68.3 Å². The fourth-order valence-electron chi connectivity index (χ4n) is 2.03. The van der Waals surface area contributed by atoms with E-state index in [2.05, 4.69) is 25.6 Å². The number of aromatic nitrogens is 1. The van der Waals surface area contributed by atoms with Gasteiger partial charge in [-0.15, -0.1) is 0 Å². The molecule has 110 valence electrons. The van der Waals surface area contributed by atoms with Crippen LogP contribution in [0.2, 0.25) is 5.15 Å². The van der Waals surface area contributed by atoms with Crippen molar-refractivity contribution in [3.8, 4) is 5.75 Å². The summed E-state index contributed by atoms with van der Waals surface area (Å²) in [6, 6.07) is 6.34. The van der Waals surface area contributed by atoms with Gasteiger partial charge in [-0.3, -0.25) is 4.72 Å². The highest BCUT2D eigenvalue weighted by atomic mass is 79.9. The van der Waals surface area contributed by atoms with Crippen molar-refractivity contribution in [1.29, 1.82) is 0 Å². The minimum absolute atomic E-state index is 0.0891. The van der Waals surface area contributed by atoms with Crippen molar-refractivity contribution in [3.63, 3.8) is 0 Å². The highest BCUT2D eigenvalue weighted by Gasteiger charge is 2.20. The monoisotopic (exact) mass is 388 g/mol. The fourth-order valence-corrected chi connectivity index (χ4v) is 3.67. The molecule has 0 saturated heterocycles. The number of fused-ring (bicyclic) bond motifs is 1. The molecule has 0 radical (unpaired) electrons. The van der Waals surface area contributed by atoms with Crippen LogP contribution in [0.15, 0.2) is 39.8 Å². The van der Waals surface area contributed by atoms with Crippen LogP contribution in [0.4, 0.5) is 5.69 Å². The Bertz CT molecular complexity index is 811. The molecule has 0 atom stereocenters. The number of nitrogens with one attached hydrogen (secondary N) is 1. The molecule has 0 fully saturated rings. The van der Waals surface area contributed by atoms with E-state index in [1.807, 2.05) is 0 Å². The normalized spacial score (nSPS) is 13.6. The lowest BCUT2D eigenvalue weighted by Crippen LogP contribution is -2.13. The van der Waals surface area contributed by atoms with Gasteiger partial charge in [0.05, 0.1) is 17.2 Å². The lowest BCUT2D eigenvalue weighted by atomic mass is 10.2. The van der Waals surface area contributed by atoms with E-state index in [1.54, 1.807) is 18.2 Å². The molecule has 1 aliphatic heterocycles. The Morgan fingerprint density at radius 2 is 2.14 bits per heavy atom. The van der Waals surface area contributed by atoms with Crippen LogP contribution in [0, 0.1) is 0 Å². The second kappa shape index (κ2) is 5.47. The third-order valence-electron chi connectivity index (χ3n) is 3.02. The maximum atomic E-state index is 12.4. The maximum Gasteiger partial charge on any atom is 0.262 e. The van der Waals surface area contributed by atoms with Crippen molar-refractivity contribution in [3.05, 3.63) is 45.7 Å². The van der Waals surface area contributed by atoms with E-state index >= 15 is 0 Å². The molecule has 0 saturated carbocycles. The molecule has 0 bridgehead atoms. The predicted molar refractivity (Wildman–Crippen MR) is 83.4 cm³/mol. The number of hydrogen-bond donors (Lipinski definition) is 1. The summed E-state index contributed by atoms with van der Waals surface area (Å²) in [5.41, 5.74) is 1.11. The summed E-state index contributed by atoms with van der Waals surface area (Å²) in [7, 11) is -3.72. The van der Waals surface area contributed by atoms with E-state index in [0.29, 0.717) is 17.5 Å². The first-order valence-electron chi connectivity index (χ1n) is 6.05. The minimum Gasteiger partial charge on any atom is -0.493 e. The first-order valence-corrected chi connectivity index (χ1v) is 8.71. The molecule has 1 aromatic heterocycles. The molecule has 0 amide bonds. The molecule has 2 aromatic rings. The molecule has 1 aromatic carbocycles. The molecule has 0 aliphatic carbocycles. The van der Waals surface area contributed by atoms with Gasteiger partial charge in [-0.2, -0.15) is 0 Å². The molecule has 21 heavy (non-hydrogen) atoms. The van der Waals surface area contributed by atoms with Gasteiger partial charge in [0.25, 0.3) is 10.0 Å². The highest BCUT2D eigenvalue weighted by molar-refractivity contribution is 9.10. The molecule has 5 nitrogen and oxygen atoms in total. The van der Waals surface area contributed by atoms with Crippen molar-refractivity contribution >= 4 is 43.2 Å². The molecular weight excluding hydrogens is 380 g/mol. The Morgan fingerprint density at radius 3 is 2.95 bits per heavy atom. The zero-order valence-corrected chi connectivity index (χ0v) is 13.8. The van der Waals surface area contributed by atoms with Crippen molar-refractivity contribution in [2.75, 3.05) is 11.3 Å². The van der Waals surface area contributed by atoms with Gasteiger partial charge in [0.2, 0.25) is 0 Å². The zero-order chi connectivity index (χ0) is 15.0. The third kappa shape index (κ3) is 3.00. The van der Waals surface area contributed by atoms with Crippen LogP contribution in [0.3, 0.4) is 0 Å². The Hall–Kier alpha value is -1.31. The number of rotatable bonds is 3. The van der Waals surface area contributed by atoms with E-state index in [0.717, 1.165) is 11.3 Å². The number of halogens is 2. The average Bonchev–Trinajstić information content (AvgIpc) is 2.90. The first-order chi connectivity index (χ1) is 9.95. The Labute approximate surface area is 135 Å². The van der Waals surface area contributed by atoms with Gasteiger partial charge in [0.15, 0.2) is 5.15 Å². The highest BCUT2D eigenvalue weighted by Crippen LogP contribution is 2.30. The quantitative estimate of drug-likeness (QED) is 0.818. The lowest BCUT2D eigenvalue weighted by molar-refractivity contribution is 0.356. The second-order valence-corrected chi connectivity index (χ2v) is 7.42. The van der Waals surface area contributed by atoms with E-state index in [1.165, 1.54) is 12.3 Å². The van der Waals surface area contributed by atoms with Gasteiger partial charge in [-0.1, -0.05) is 11.6 Å². The molecule has 1 aliphatic rings. The van der Waals surface area contributed by atoms with Crippen molar-refractivity contribution in [1.82, 2.24) is 4.98 Å². The fraction of sp³-hybridized carbons (Fsp3) is 0.154. The zero-order valence-electron chi connectivity index (χ0n) is 10.6. The van der Waals surface area contributed by atoms with Crippen molar-refractivity contribution in [2.45, 2.75) is 11.3 Å². The predicted octanol–water partition coefficient (Wildman–Crippen LogP) is 3.23. The lowest BCUT2D eigenvalue weighted by Gasteiger charge is -2.10. The number of ether oxygens (including phenoxy) is 1. The van der Waals surface area contributed by atoms with Crippen LogP contribution in [-0.2, 0) is 16.4 Å². The van der Waals surface area contributed by atoms with E-state index < -0.39 is 10.0 Å². The van der Waals surface area contributed by atoms with Crippen LogP contribution >= 0.6 is 27.5 Å². The number of nitrogens with zero attached hydrogens (tertiary/aromatic N) is 1. The largest absolute Gasteiger partial charge is 0.493 e. The summed E-state index contributed by atoms with van der Waals surface area (Å²) in [5.74, 6) is 0.733. The SMILES string of the molecule is O=S(=O)(Nc1cc(Br)cnc1Cl)c1ccc2c(c1)CCO2. The third-order valence-corrected chi connectivity index (χ3v) is 5.12. The van der Waals surface area contributed by atoms with Crippen LogP contribution in [0.5, 0.6) is 5.75 Å². The molecule has 2 heterocycles. The van der Waals surface area contributed by atoms with E-state index in [9.17, 15) is 8.42 Å². The molecule has 3 rings (SSSR count). The number of benzene rings is 1. The average molecular weight is 390 g/mol. The Balaban J connectivity index is 1.95. The molecule has 0 spiro atoms. The van der Waals surface area contributed by atoms with Crippen LogP contribution < -0.4 is 9.46 Å². The summed E-state index contributed by atoms with van der Waals surface area (Å²) in [4.78, 5) is 4.06. The summed E-state index contributed by atoms with van der Waals surface area (Å²) in [5, 5.41) is 0.0891. The number of pyridine rings is 1.